The molecule has 9 nitrogen and oxygen atoms in total. The fraction of sp³-hybridized carbons (Fsp3) is 0.333. The van der Waals surface area contributed by atoms with Gasteiger partial charge in [0, 0.05) is 39.1 Å². The van der Waals surface area contributed by atoms with E-state index in [0.29, 0.717) is 25.6 Å². The van der Waals surface area contributed by atoms with Crippen LogP contribution in [-0.4, -0.2) is 65.8 Å². The number of aromatic nitrogens is 2. The summed E-state index contributed by atoms with van der Waals surface area (Å²) < 4.78 is 1.82. The minimum Gasteiger partial charge on any atom is -0.356 e. The fourth-order valence-corrected chi connectivity index (χ4v) is 2.75. The first-order valence-electron chi connectivity index (χ1n) is 8.79. The van der Waals surface area contributed by atoms with Crippen molar-refractivity contribution in [3.05, 3.63) is 48.3 Å². The number of nitrogens with zero attached hydrogens (tertiary/aromatic N) is 4. The molecular formula is C18H24IN7O2. The molecule has 2 aromatic rings. The Hall–Kier alpha value is -2.63. The van der Waals surface area contributed by atoms with Gasteiger partial charge < -0.3 is 16.0 Å². The van der Waals surface area contributed by atoms with Crippen LogP contribution in [-0.2, 0) is 11.2 Å². The molecular weight excluding hydrogens is 473 g/mol. The van der Waals surface area contributed by atoms with Crippen LogP contribution < -0.4 is 16.0 Å². The molecule has 0 radical (unpaired) electrons. The summed E-state index contributed by atoms with van der Waals surface area (Å²) in [5, 5.41) is 13.0. The summed E-state index contributed by atoms with van der Waals surface area (Å²) in [6.07, 6.45) is 4.50. The quantitative estimate of drug-likeness (QED) is 0.227. The van der Waals surface area contributed by atoms with E-state index in [1.54, 1.807) is 13.2 Å². The normalized spacial score (nSPS) is 13.9. The predicted molar refractivity (Wildman–Crippen MR) is 117 cm³/mol. The van der Waals surface area contributed by atoms with Crippen LogP contribution in [0.2, 0.25) is 0 Å². The Kier molecular flexibility index (Phi) is 8.23. The van der Waals surface area contributed by atoms with Crippen molar-refractivity contribution in [2.75, 3.05) is 33.2 Å². The first-order valence-corrected chi connectivity index (χ1v) is 8.79. The summed E-state index contributed by atoms with van der Waals surface area (Å²) in [5.74, 6) is 0.429. The average Bonchev–Trinajstić information content (AvgIpc) is 3.33. The Labute approximate surface area is 180 Å². The van der Waals surface area contributed by atoms with Crippen molar-refractivity contribution < 1.29 is 9.59 Å². The van der Waals surface area contributed by atoms with Crippen molar-refractivity contribution in [1.29, 1.82) is 0 Å². The molecule has 1 aromatic carbocycles. The number of imide groups is 1. The maximum Gasteiger partial charge on any atom is 0.324 e. The molecule has 1 aromatic heterocycles. The van der Waals surface area contributed by atoms with E-state index in [2.05, 4.69) is 38.2 Å². The summed E-state index contributed by atoms with van der Waals surface area (Å²) in [6, 6.07) is 9.77. The molecule has 0 unspecified atom stereocenters. The number of amides is 3. The fourth-order valence-electron chi connectivity index (χ4n) is 2.75. The molecule has 28 heavy (non-hydrogen) atoms. The molecule has 0 saturated carbocycles. The minimum absolute atomic E-state index is 0. The summed E-state index contributed by atoms with van der Waals surface area (Å²) in [4.78, 5) is 28.3. The minimum atomic E-state index is -0.344. The van der Waals surface area contributed by atoms with Crippen molar-refractivity contribution >= 4 is 41.9 Å². The second kappa shape index (κ2) is 10.6. The number of carbonyl (C=O) groups is 2. The molecule has 1 fully saturated rings. The van der Waals surface area contributed by atoms with Gasteiger partial charge in [0.15, 0.2) is 5.96 Å². The number of carbonyl (C=O) groups excluding carboxylic acids is 2. The van der Waals surface area contributed by atoms with Crippen LogP contribution in [0, 0.1) is 0 Å². The third-order valence-corrected chi connectivity index (χ3v) is 4.20. The summed E-state index contributed by atoms with van der Waals surface area (Å²) >= 11 is 0. The number of aliphatic imine (C=N–C) groups is 1. The average molecular weight is 497 g/mol. The molecule has 2 heterocycles. The number of rotatable bonds is 7. The lowest BCUT2D eigenvalue weighted by Crippen LogP contribution is -2.43. The molecule has 0 aliphatic carbocycles. The zero-order valence-corrected chi connectivity index (χ0v) is 17.9. The molecule has 0 atom stereocenters. The second-order valence-electron chi connectivity index (χ2n) is 6.00. The zero-order valence-electron chi connectivity index (χ0n) is 15.6. The molecule has 3 amide bonds. The van der Waals surface area contributed by atoms with Gasteiger partial charge in [-0.2, -0.15) is 5.10 Å². The molecule has 1 aliphatic heterocycles. The van der Waals surface area contributed by atoms with E-state index in [0.717, 1.165) is 12.1 Å². The molecule has 0 bridgehead atoms. The van der Waals surface area contributed by atoms with E-state index in [1.165, 1.54) is 10.5 Å². The van der Waals surface area contributed by atoms with Gasteiger partial charge in [0.25, 0.3) is 0 Å². The summed E-state index contributed by atoms with van der Waals surface area (Å²) in [7, 11) is 1.68. The van der Waals surface area contributed by atoms with Gasteiger partial charge in [0.2, 0.25) is 5.91 Å². The Balaban J connectivity index is 0.00000280. The first-order chi connectivity index (χ1) is 13.2. The third-order valence-electron chi connectivity index (χ3n) is 4.20. The van der Waals surface area contributed by atoms with Crippen LogP contribution in [0.3, 0.4) is 0 Å². The van der Waals surface area contributed by atoms with Crippen LogP contribution in [0.4, 0.5) is 4.79 Å². The van der Waals surface area contributed by atoms with Gasteiger partial charge in [-0.1, -0.05) is 12.1 Å². The monoisotopic (exact) mass is 497 g/mol. The zero-order chi connectivity index (χ0) is 19.1. The molecule has 3 N–H and O–H groups in total. The maximum atomic E-state index is 11.5. The van der Waals surface area contributed by atoms with Crippen LogP contribution in [0.25, 0.3) is 5.69 Å². The molecule has 10 heteroatoms. The van der Waals surface area contributed by atoms with Crippen LogP contribution in [0.1, 0.15) is 5.56 Å². The van der Waals surface area contributed by atoms with Gasteiger partial charge in [-0.3, -0.25) is 14.7 Å². The molecule has 0 spiro atoms. The van der Waals surface area contributed by atoms with E-state index < -0.39 is 0 Å². The molecule has 3 rings (SSSR count). The number of benzene rings is 1. The van der Waals surface area contributed by atoms with Crippen molar-refractivity contribution in [3.63, 3.8) is 0 Å². The number of hydrogen-bond donors (Lipinski definition) is 3. The van der Waals surface area contributed by atoms with Crippen LogP contribution in [0.15, 0.2) is 47.7 Å². The van der Waals surface area contributed by atoms with Gasteiger partial charge >= 0.3 is 6.03 Å². The largest absolute Gasteiger partial charge is 0.356 e. The van der Waals surface area contributed by atoms with E-state index >= 15 is 0 Å². The highest BCUT2D eigenvalue weighted by Crippen LogP contribution is 2.08. The lowest BCUT2D eigenvalue weighted by atomic mass is 10.1. The number of halogens is 1. The Bertz CT molecular complexity index is 790. The highest BCUT2D eigenvalue weighted by molar-refractivity contribution is 14.0. The van der Waals surface area contributed by atoms with Crippen molar-refractivity contribution in [2.45, 2.75) is 6.42 Å². The van der Waals surface area contributed by atoms with Gasteiger partial charge in [-0.15, -0.1) is 24.0 Å². The first kappa shape index (κ1) is 21.7. The van der Waals surface area contributed by atoms with E-state index in [-0.39, 0.29) is 42.5 Å². The van der Waals surface area contributed by atoms with Gasteiger partial charge in [-0.05, 0) is 30.2 Å². The predicted octanol–water partition coefficient (Wildman–Crippen LogP) is 0.750. The van der Waals surface area contributed by atoms with E-state index in [4.69, 9.17) is 0 Å². The van der Waals surface area contributed by atoms with Gasteiger partial charge in [0.1, 0.15) is 0 Å². The van der Waals surface area contributed by atoms with Gasteiger partial charge in [-0.25, -0.2) is 9.48 Å². The van der Waals surface area contributed by atoms with Crippen molar-refractivity contribution in [3.8, 4) is 5.69 Å². The Morgan fingerprint density at radius 2 is 1.96 bits per heavy atom. The SMILES string of the molecule is CN=C(NCCc1ccc(-n2cccn2)cc1)NCCN1C(=O)CNC1=O.I. The number of hydrogen-bond acceptors (Lipinski definition) is 4. The summed E-state index contributed by atoms with van der Waals surface area (Å²) in [5.41, 5.74) is 2.22. The number of urea groups is 1. The van der Waals surface area contributed by atoms with Crippen molar-refractivity contribution in [2.24, 2.45) is 4.99 Å². The molecule has 150 valence electrons. The van der Waals surface area contributed by atoms with Crippen LogP contribution >= 0.6 is 24.0 Å². The Morgan fingerprint density at radius 3 is 2.57 bits per heavy atom. The van der Waals surface area contributed by atoms with Gasteiger partial charge in [0.05, 0.1) is 12.2 Å². The van der Waals surface area contributed by atoms with E-state index in [1.807, 2.05) is 29.1 Å². The van der Waals surface area contributed by atoms with E-state index in [9.17, 15) is 9.59 Å². The van der Waals surface area contributed by atoms with Crippen LogP contribution in [0.5, 0.6) is 0 Å². The number of guanidine groups is 1. The van der Waals surface area contributed by atoms with Crippen molar-refractivity contribution in [1.82, 2.24) is 30.6 Å². The highest BCUT2D eigenvalue weighted by Gasteiger charge is 2.27. The lowest BCUT2D eigenvalue weighted by molar-refractivity contribution is -0.124. The molecule has 1 saturated heterocycles. The standard InChI is InChI=1S/C18H23N7O2.HI/c1-19-17(21-10-12-24-16(26)13-22-18(24)27)20-9-7-14-3-5-15(6-4-14)25-11-2-8-23-25;/h2-6,8,11H,7,9-10,12-13H2,1H3,(H,22,27)(H2,19,20,21);1H. The summed E-state index contributed by atoms with van der Waals surface area (Å²) in [6.45, 7) is 1.53. The third kappa shape index (κ3) is 5.68. The lowest BCUT2D eigenvalue weighted by Gasteiger charge is -2.15. The number of nitrogens with one attached hydrogen (secondary N) is 3. The second-order valence-corrected chi connectivity index (χ2v) is 6.00. The maximum absolute atomic E-state index is 11.5. The Morgan fingerprint density at radius 1 is 1.21 bits per heavy atom. The smallest absolute Gasteiger partial charge is 0.324 e. The topological polar surface area (TPSA) is 104 Å². The molecule has 1 aliphatic rings. The highest BCUT2D eigenvalue weighted by atomic mass is 127.